The molecule has 1 aliphatic heterocycles. The van der Waals surface area contributed by atoms with Gasteiger partial charge in [0, 0.05) is 25.8 Å². The maximum atomic E-state index is 14.3. The SMILES string of the molecule is C[C@H](NC(=O)[C@H](CCC(=O)O)NC(=O)CNC(=O)[C@H](CO)NC(=O)[C@@H]1CCCN1C(=O)[C@H](Cc1ccc(O)cc1)NC(=O)CNC(=O)[C@H](Cc1ccccc1)NC(=O)[C@H](C)NC(=O)[C@@H](N)Cc1ccc(O)cc1)C(=O)O. The molecule has 15 N–H and O–H groups in total. The van der Waals surface area contributed by atoms with Crippen LogP contribution in [0.25, 0.3) is 0 Å². The second kappa shape index (κ2) is 29.3. The molecule has 0 saturated carbocycles. The number of likely N-dealkylation sites (tertiary alicyclic amines) is 1. The third kappa shape index (κ3) is 19.3. The van der Waals surface area contributed by atoms with E-state index >= 15 is 0 Å². The molecule has 1 heterocycles. The smallest absolute Gasteiger partial charge is 0.325 e. The number of phenolic OH excluding ortho intramolecular Hbond substituents is 2. The highest BCUT2D eigenvalue weighted by Gasteiger charge is 2.39. The van der Waals surface area contributed by atoms with Crippen LogP contribution in [0.15, 0.2) is 78.9 Å². The van der Waals surface area contributed by atoms with Gasteiger partial charge in [-0.15, -0.1) is 0 Å². The number of aliphatic hydroxyl groups excluding tert-OH is 1. The van der Waals surface area contributed by atoms with Crippen molar-refractivity contribution in [3.05, 3.63) is 95.6 Å². The summed E-state index contributed by atoms with van der Waals surface area (Å²) in [6, 6.07) is 9.71. The number of carbonyl (C=O) groups is 11. The minimum atomic E-state index is -1.67. The predicted molar refractivity (Wildman–Crippen MR) is 267 cm³/mol. The molecule has 0 bridgehead atoms. The first-order valence-corrected chi connectivity index (χ1v) is 24.1. The molecule has 9 amide bonds. The van der Waals surface area contributed by atoms with Crippen molar-refractivity contribution >= 4 is 65.1 Å². The van der Waals surface area contributed by atoms with Gasteiger partial charge in [0.2, 0.25) is 53.2 Å². The van der Waals surface area contributed by atoms with Crippen molar-refractivity contribution < 1.29 is 78.3 Å². The van der Waals surface area contributed by atoms with Crippen LogP contribution < -0.4 is 48.3 Å². The van der Waals surface area contributed by atoms with E-state index in [-0.39, 0.29) is 43.7 Å². The van der Waals surface area contributed by atoms with Gasteiger partial charge in [0.05, 0.1) is 25.7 Å². The third-order valence-corrected chi connectivity index (χ3v) is 11.9. The molecule has 3 aromatic rings. The van der Waals surface area contributed by atoms with Crippen LogP contribution in [0.2, 0.25) is 0 Å². The lowest BCUT2D eigenvalue weighted by atomic mass is 10.0. The number of aliphatic carboxylic acids is 2. The first-order valence-electron chi connectivity index (χ1n) is 24.1. The summed E-state index contributed by atoms with van der Waals surface area (Å²) in [4.78, 5) is 144. The minimum absolute atomic E-state index is 0.0116. The molecule has 3 aromatic carbocycles. The largest absolute Gasteiger partial charge is 0.508 e. The van der Waals surface area contributed by atoms with Crippen LogP contribution >= 0.6 is 0 Å². The maximum absolute atomic E-state index is 14.3. The van der Waals surface area contributed by atoms with Crippen molar-refractivity contribution in [3.8, 4) is 11.5 Å². The number of carboxylic acid groups (broad SMARTS) is 2. The van der Waals surface area contributed by atoms with Gasteiger partial charge in [0.25, 0.3) is 0 Å². The average molecular weight is 1060 g/mol. The fourth-order valence-corrected chi connectivity index (χ4v) is 7.74. The van der Waals surface area contributed by atoms with E-state index < -0.39 is 146 Å². The Morgan fingerprint density at radius 1 is 0.579 bits per heavy atom. The number of aliphatic hydroxyl groups is 1. The van der Waals surface area contributed by atoms with Crippen LogP contribution in [-0.2, 0) is 72.0 Å². The lowest BCUT2D eigenvalue weighted by Crippen LogP contribution is -2.58. The molecule has 1 saturated heterocycles. The molecule has 1 fully saturated rings. The van der Waals surface area contributed by atoms with E-state index in [1.807, 2.05) is 0 Å². The average Bonchev–Trinajstić information content (AvgIpc) is 3.89. The number of amides is 9. The number of carbonyl (C=O) groups excluding carboxylic acids is 9. The van der Waals surface area contributed by atoms with Crippen molar-refractivity contribution in [2.75, 3.05) is 26.2 Å². The van der Waals surface area contributed by atoms with Crippen LogP contribution in [0, 0.1) is 0 Å². The molecule has 0 radical (unpaired) electrons. The monoisotopic (exact) mass is 1060 g/mol. The van der Waals surface area contributed by atoms with Gasteiger partial charge in [0.15, 0.2) is 0 Å². The van der Waals surface area contributed by atoms with E-state index in [0.717, 1.165) is 11.8 Å². The van der Waals surface area contributed by atoms with Gasteiger partial charge in [-0.3, -0.25) is 52.7 Å². The molecular formula is C50H64N10O16. The van der Waals surface area contributed by atoms with Crippen LogP contribution in [0.3, 0.4) is 0 Å². The zero-order valence-corrected chi connectivity index (χ0v) is 41.7. The van der Waals surface area contributed by atoms with Crippen LogP contribution in [-0.4, -0.2) is 170 Å². The Labute approximate surface area is 435 Å². The van der Waals surface area contributed by atoms with Crippen LogP contribution in [0.1, 0.15) is 56.2 Å². The number of nitrogens with two attached hydrogens (primary N) is 1. The summed E-state index contributed by atoms with van der Waals surface area (Å²) in [6.45, 7) is 0.0370. The molecular weight excluding hydrogens is 997 g/mol. The molecule has 0 aromatic heterocycles. The summed E-state index contributed by atoms with van der Waals surface area (Å²) in [5.41, 5.74) is 7.85. The summed E-state index contributed by atoms with van der Waals surface area (Å²) in [5.74, 6) is -10.5. The molecule has 0 spiro atoms. The molecule has 76 heavy (non-hydrogen) atoms. The molecule has 26 nitrogen and oxygen atoms in total. The van der Waals surface area contributed by atoms with Crippen molar-refractivity contribution in [1.29, 1.82) is 0 Å². The van der Waals surface area contributed by atoms with Crippen molar-refractivity contribution in [2.45, 2.75) is 107 Å². The van der Waals surface area contributed by atoms with Gasteiger partial charge in [-0.1, -0.05) is 54.6 Å². The van der Waals surface area contributed by atoms with Crippen LogP contribution in [0.5, 0.6) is 11.5 Å². The number of phenols is 2. The number of nitrogens with one attached hydrogen (secondary N) is 8. The lowest BCUT2D eigenvalue weighted by molar-refractivity contribution is -0.142. The van der Waals surface area contributed by atoms with Crippen molar-refractivity contribution in [2.24, 2.45) is 5.73 Å². The Balaban J connectivity index is 1.40. The number of benzene rings is 3. The molecule has 0 unspecified atom stereocenters. The summed E-state index contributed by atoms with van der Waals surface area (Å²) in [6.07, 6.45) is -0.746. The van der Waals surface area contributed by atoms with Gasteiger partial charge in [-0.25, -0.2) is 0 Å². The first kappa shape index (κ1) is 59.9. The number of hydrogen-bond donors (Lipinski definition) is 14. The number of nitrogens with zero attached hydrogens (tertiary/aromatic N) is 1. The first-order chi connectivity index (χ1) is 36.0. The molecule has 4 rings (SSSR count). The minimum Gasteiger partial charge on any atom is -0.508 e. The molecule has 1 aliphatic rings. The van der Waals surface area contributed by atoms with E-state index in [9.17, 15) is 68.1 Å². The number of hydrogen-bond acceptors (Lipinski definition) is 15. The zero-order chi connectivity index (χ0) is 56.1. The van der Waals surface area contributed by atoms with Gasteiger partial charge >= 0.3 is 11.9 Å². The van der Waals surface area contributed by atoms with Gasteiger partial charge in [0.1, 0.15) is 53.8 Å². The quantitative estimate of drug-likeness (QED) is 0.0337. The highest BCUT2D eigenvalue weighted by molar-refractivity contribution is 5.98. The van der Waals surface area contributed by atoms with E-state index in [2.05, 4.69) is 42.5 Å². The topological polar surface area (TPSA) is 414 Å². The third-order valence-electron chi connectivity index (χ3n) is 11.9. The van der Waals surface area contributed by atoms with Crippen molar-refractivity contribution in [1.82, 2.24) is 47.4 Å². The second-order valence-corrected chi connectivity index (χ2v) is 17.9. The Morgan fingerprint density at radius 2 is 1.09 bits per heavy atom. The number of carboxylic acids is 2. The fourth-order valence-electron chi connectivity index (χ4n) is 7.74. The number of aromatic hydroxyl groups is 2. The van der Waals surface area contributed by atoms with E-state index in [0.29, 0.717) is 23.1 Å². The highest BCUT2D eigenvalue weighted by atomic mass is 16.4. The van der Waals surface area contributed by atoms with Crippen molar-refractivity contribution in [3.63, 3.8) is 0 Å². The molecule has 0 aliphatic carbocycles. The lowest BCUT2D eigenvalue weighted by Gasteiger charge is -2.30. The van der Waals surface area contributed by atoms with E-state index in [1.165, 1.54) is 43.3 Å². The zero-order valence-electron chi connectivity index (χ0n) is 41.7. The standard InChI is InChI=1S/C50H64N10O16/c1-27(54-44(69)34(51)21-30-10-14-32(62)15-11-30)43(68)58-36(22-29-7-4-3-5-8-29)45(70)52-25-41(65)57-37(23-31-12-16-33(63)17-13-31)49(74)60-20-6-9-39(60)48(73)59-38(26-61)46(71)53-24-40(64)56-35(18-19-42(66)67)47(72)55-28(2)50(75)76/h3-5,7-8,10-17,27-28,34-39,61-63H,6,9,18-26,51H2,1-2H3,(H,52,70)(H,53,71)(H,54,69)(H,55,72)(H,56,64)(H,57,65)(H,58,68)(H,59,73)(H,66,67)(H,75,76)/t27-,28-,34-,35-,36-,37-,38-,39-/m0/s1. The van der Waals surface area contributed by atoms with E-state index in [4.69, 9.17) is 15.9 Å². The Morgan fingerprint density at radius 3 is 1.64 bits per heavy atom. The summed E-state index contributed by atoms with van der Waals surface area (Å²) in [5, 5.41) is 66.8. The fraction of sp³-hybridized carbons (Fsp3) is 0.420. The van der Waals surface area contributed by atoms with Gasteiger partial charge in [-0.2, -0.15) is 0 Å². The molecule has 8 atom stereocenters. The second-order valence-electron chi connectivity index (χ2n) is 17.9. The Hall–Kier alpha value is -8.65. The van der Waals surface area contributed by atoms with Gasteiger partial charge < -0.3 is 78.7 Å². The van der Waals surface area contributed by atoms with Gasteiger partial charge in [-0.05, 0) is 80.5 Å². The summed E-state index contributed by atoms with van der Waals surface area (Å²) >= 11 is 0. The Kier molecular flexibility index (Phi) is 23.1. The Bertz CT molecular complexity index is 2550. The molecule has 26 heteroatoms. The summed E-state index contributed by atoms with van der Waals surface area (Å²) in [7, 11) is 0. The normalized spacial score (nSPS) is 15.6. The summed E-state index contributed by atoms with van der Waals surface area (Å²) < 4.78 is 0. The van der Waals surface area contributed by atoms with E-state index in [1.54, 1.807) is 42.5 Å². The predicted octanol–water partition coefficient (Wildman–Crippen LogP) is -3.43. The molecule has 410 valence electrons. The maximum Gasteiger partial charge on any atom is 0.325 e. The number of rotatable bonds is 28. The highest BCUT2D eigenvalue weighted by Crippen LogP contribution is 2.21. The van der Waals surface area contributed by atoms with Crippen LogP contribution in [0.4, 0.5) is 0 Å².